The Morgan fingerprint density at radius 2 is 1.09 bits per heavy atom. The van der Waals surface area contributed by atoms with E-state index >= 15 is 0 Å². The molecule has 1 aromatic heterocycles. The molecule has 0 saturated heterocycles. The molecule has 10 aromatic rings. The van der Waals surface area contributed by atoms with Gasteiger partial charge in [-0.2, -0.15) is 0 Å². The van der Waals surface area contributed by atoms with Crippen molar-refractivity contribution in [2.45, 2.75) is 19.3 Å². The Morgan fingerprint density at radius 3 is 1.96 bits per heavy atom. The van der Waals surface area contributed by atoms with Crippen LogP contribution in [-0.2, 0) is 5.41 Å². The zero-order chi connectivity index (χ0) is 36.7. The van der Waals surface area contributed by atoms with E-state index in [-0.39, 0.29) is 5.41 Å². The van der Waals surface area contributed by atoms with Gasteiger partial charge >= 0.3 is 0 Å². The highest BCUT2D eigenvalue weighted by Gasteiger charge is 2.37. The fraction of sp³-hybridized carbons (Fsp3) is 0.0566. The van der Waals surface area contributed by atoms with Crippen LogP contribution >= 0.6 is 0 Å². The smallest absolute Gasteiger partial charge is 0.143 e. The predicted molar refractivity (Wildman–Crippen MR) is 232 cm³/mol. The highest BCUT2D eigenvalue weighted by molar-refractivity contribution is 6.15. The summed E-state index contributed by atoms with van der Waals surface area (Å²) in [4.78, 5) is 2.45. The van der Waals surface area contributed by atoms with E-state index in [2.05, 4.69) is 207 Å². The van der Waals surface area contributed by atoms with E-state index in [4.69, 9.17) is 4.42 Å². The molecule has 0 aliphatic heterocycles. The number of hydrogen-bond donors (Lipinski definition) is 0. The highest BCUT2D eigenvalue weighted by Crippen LogP contribution is 2.54. The van der Waals surface area contributed by atoms with Gasteiger partial charge in [-0.15, -0.1) is 0 Å². The van der Waals surface area contributed by atoms with Crippen LogP contribution in [0.5, 0.6) is 0 Å². The Labute approximate surface area is 320 Å². The molecule has 0 spiro atoms. The molecule has 0 N–H and O–H groups in total. The molecular formula is C53H37NO. The fourth-order valence-corrected chi connectivity index (χ4v) is 9.13. The van der Waals surface area contributed by atoms with Crippen molar-refractivity contribution >= 4 is 60.5 Å². The van der Waals surface area contributed by atoms with Crippen LogP contribution in [0, 0.1) is 0 Å². The lowest BCUT2D eigenvalue weighted by atomic mass is 9.82. The zero-order valence-electron chi connectivity index (χ0n) is 30.8. The standard InChI is InChI=1S/C53H37NO/c1-53(2)47-21-8-7-19-45(47)51-48(53)22-11-23-49(51)54(40-16-9-15-38(32-40)42-20-10-14-35-12-3-5-17-41(35)42)39-28-24-34(25-29-39)37-27-31-50-46(33-37)44-30-26-36-13-4-6-18-43(36)52(44)55-50/h3-33H,1-2H3. The van der Waals surface area contributed by atoms with Gasteiger partial charge in [-0.05, 0) is 104 Å². The van der Waals surface area contributed by atoms with Crippen molar-refractivity contribution in [3.05, 3.63) is 199 Å². The van der Waals surface area contributed by atoms with Crippen molar-refractivity contribution in [3.63, 3.8) is 0 Å². The van der Waals surface area contributed by atoms with Crippen molar-refractivity contribution in [1.29, 1.82) is 0 Å². The van der Waals surface area contributed by atoms with E-state index in [1.165, 1.54) is 55.2 Å². The van der Waals surface area contributed by atoms with Gasteiger partial charge in [-0.25, -0.2) is 0 Å². The van der Waals surface area contributed by atoms with Gasteiger partial charge in [0.15, 0.2) is 0 Å². The van der Waals surface area contributed by atoms with Crippen LogP contribution in [-0.4, -0.2) is 0 Å². The normalized spacial score (nSPS) is 13.1. The topological polar surface area (TPSA) is 16.4 Å². The number of anilines is 3. The van der Waals surface area contributed by atoms with E-state index in [1.807, 2.05) is 0 Å². The predicted octanol–water partition coefficient (Wildman–Crippen LogP) is 15.0. The SMILES string of the molecule is CC1(C)c2ccccc2-c2c(N(c3ccc(-c4ccc5oc6c7ccccc7ccc6c5c4)cc3)c3cccc(-c4cccc5ccccc45)c3)cccc21. The number of fused-ring (bicyclic) bond motifs is 9. The first kappa shape index (κ1) is 31.6. The molecule has 2 heteroatoms. The molecule has 0 amide bonds. The third kappa shape index (κ3) is 4.88. The van der Waals surface area contributed by atoms with Gasteiger partial charge in [0.2, 0.25) is 0 Å². The molecule has 1 aliphatic rings. The van der Waals surface area contributed by atoms with Crippen LogP contribution in [0.4, 0.5) is 17.1 Å². The molecule has 0 atom stereocenters. The minimum atomic E-state index is -0.107. The summed E-state index contributed by atoms with van der Waals surface area (Å²) < 4.78 is 6.44. The average Bonchev–Trinajstić information content (AvgIpc) is 3.73. The second kappa shape index (κ2) is 12.1. The summed E-state index contributed by atoms with van der Waals surface area (Å²) in [5.74, 6) is 0. The molecule has 11 rings (SSSR count). The Balaban J connectivity index is 1.07. The summed E-state index contributed by atoms with van der Waals surface area (Å²) in [5, 5.41) is 7.11. The second-order valence-electron chi connectivity index (χ2n) is 15.3. The van der Waals surface area contributed by atoms with E-state index in [0.717, 1.165) is 49.8 Å². The summed E-state index contributed by atoms with van der Waals surface area (Å²) in [5.41, 5.74) is 15.2. The van der Waals surface area contributed by atoms with Gasteiger partial charge in [0.1, 0.15) is 11.2 Å². The Hall–Kier alpha value is -6.90. The van der Waals surface area contributed by atoms with Gasteiger partial charge in [0.25, 0.3) is 0 Å². The Kier molecular flexibility index (Phi) is 6.93. The molecule has 1 heterocycles. The minimum Gasteiger partial charge on any atom is -0.455 e. The summed E-state index contributed by atoms with van der Waals surface area (Å²) in [6.07, 6.45) is 0. The van der Waals surface area contributed by atoms with E-state index in [1.54, 1.807) is 0 Å². The van der Waals surface area contributed by atoms with Gasteiger partial charge in [-0.3, -0.25) is 0 Å². The summed E-state index contributed by atoms with van der Waals surface area (Å²) in [6, 6.07) is 68.5. The van der Waals surface area contributed by atoms with Crippen molar-refractivity contribution in [3.8, 4) is 33.4 Å². The third-order valence-corrected chi connectivity index (χ3v) is 11.9. The van der Waals surface area contributed by atoms with Crippen molar-refractivity contribution in [2.75, 3.05) is 4.90 Å². The molecule has 9 aromatic carbocycles. The minimum absolute atomic E-state index is 0.107. The lowest BCUT2D eigenvalue weighted by Gasteiger charge is -2.29. The fourth-order valence-electron chi connectivity index (χ4n) is 9.13. The van der Waals surface area contributed by atoms with Crippen LogP contribution in [0.3, 0.4) is 0 Å². The van der Waals surface area contributed by atoms with E-state index in [9.17, 15) is 0 Å². The largest absolute Gasteiger partial charge is 0.455 e. The van der Waals surface area contributed by atoms with Crippen molar-refractivity contribution in [2.24, 2.45) is 0 Å². The lowest BCUT2D eigenvalue weighted by Crippen LogP contribution is -2.16. The second-order valence-corrected chi connectivity index (χ2v) is 15.3. The lowest BCUT2D eigenvalue weighted by molar-refractivity contribution is 0.660. The van der Waals surface area contributed by atoms with Crippen LogP contribution in [0.1, 0.15) is 25.0 Å². The molecule has 0 radical (unpaired) electrons. The van der Waals surface area contributed by atoms with Gasteiger partial charge in [-0.1, -0.05) is 153 Å². The maximum Gasteiger partial charge on any atom is 0.143 e. The van der Waals surface area contributed by atoms with Crippen molar-refractivity contribution < 1.29 is 4.42 Å². The van der Waals surface area contributed by atoms with Gasteiger partial charge in [0.05, 0.1) is 5.69 Å². The van der Waals surface area contributed by atoms with Crippen LogP contribution in [0.15, 0.2) is 192 Å². The number of nitrogens with zero attached hydrogens (tertiary/aromatic N) is 1. The number of hydrogen-bond acceptors (Lipinski definition) is 2. The Bertz CT molecular complexity index is 3120. The van der Waals surface area contributed by atoms with E-state index < -0.39 is 0 Å². The highest BCUT2D eigenvalue weighted by atomic mass is 16.3. The molecule has 0 fully saturated rings. The third-order valence-electron chi connectivity index (χ3n) is 11.9. The van der Waals surface area contributed by atoms with Crippen molar-refractivity contribution in [1.82, 2.24) is 0 Å². The maximum atomic E-state index is 6.44. The molecule has 0 unspecified atom stereocenters. The summed E-state index contributed by atoms with van der Waals surface area (Å²) >= 11 is 0. The first-order valence-corrected chi connectivity index (χ1v) is 19.1. The molecular weight excluding hydrogens is 667 g/mol. The maximum absolute atomic E-state index is 6.44. The van der Waals surface area contributed by atoms with Gasteiger partial charge in [0, 0.05) is 38.5 Å². The quantitative estimate of drug-likeness (QED) is 0.177. The first-order chi connectivity index (χ1) is 27.0. The average molecular weight is 704 g/mol. The zero-order valence-corrected chi connectivity index (χ0v) is 30.8. The molecule has 0 saturated carbocycles. The number of benzene rings is 9. The molecule has 1 aliphatic carbocycles. The molecule has 2 nitrogen and oxygen atoms in total. The first-order valence-electron chi connectivity index (χ1n) is 19.1. The van der Waals surface area contributed by atoms with E-state index in [0.29, 0.717) is 0 Å². The number of furan rings is 1. The van der Waals surface area contributed by atoms with Crippen LogP contribution in [0.2, 0.25) is 0 Å². The summed E-state index contributed by atoms with van der Waals surface area (Å²) in [7, 11) is 0. The number of rotatable bonds is 5. The van der Waals surface area contributed by atoms with Crippen LogP contribution < -0.4 is 4.90 Å². The molecule has 55 heavy (non-hydrogen) atoms. The summed E-state index contributed by atoms with van der Waals surface area (Å²) in [6.45, 7) is 4.70. The van der Waals surface area contributed by atoms with Gasteiger partial charge < -0.3 is 9.32 Å². The molecule has 0 bridgehead atoms. The Morgan fingerprint density at radius 1 is 0.418 bits per heavy atom. The van der Waals surface area contributed by atoms with Crippen LogP contribution in [0.25, 0.3) is 76.9 Å². The molecule has 260 valence electrons. The monoisotopic (exact) mass is 703 g/mol.